The van der Waals surface area contributed by atoms with E-state index in [1.807, 2.05) is 51.1 Å². The molecule has 2 aromatic rings. The van der Waals surface area contributed by atoms with E-state index in [1.54, 1.807) is 6.92 Å². The van der Waals surface area contributed by atoms with E-state index in [4.69, 9.17) is 9.26 Å². The van der Waals surface area contributed by atoms with Gasteiger partial charge in [-0.3, -0.25) is 0 Å². The number of rotatable bonds is 4. The van der Waals surface area contributed by atoms with Gasteiger partial charge in [0.05, 0.1) is 6.04 Å². The third-order valence-corrected chi connectivity index (χ3v) is 2.83. The summed E-state index contributed by atoms with van der Waals surface area (Å²) < 4.78 is 10.3. The summed E-state index contributed by atoms with van der Waals surface area (Å²) >= 11 is 0. The maximum absolute atomic E-state index is 12.0. The molecule has 6 nitrogen and oxygen atoms in total. The highest BCUT2D eigenvalue weighted by atomic mass is 16.6. The molecule has 0 aliphatic rings. The Bertz CT molecular complexity index is 617. The van der Waals surface area contributed by atoms with Crippen LogP contribution in [-0.2, 0) is 11.2 Å². The zero-order valence-electron chi connectivity index (χ0n) is 13.3. The van der Waals surface area contributed by atoms with E-state index in [9.17, 15) is 4.79 Å². The quantitative estimate of drug-likeness (QED) is 0.938. The van der Waals surface area contributed by atoms with Crippen molar-refractivity contribution in [2.75, 3.05) is 0 Å². The highest BCUT2D eigenvalue weighted by molar-refractivity contribution is 5.68. The van der Waals surface area contributed by atoms with Gasteiger partial charge in [-0.25, -0.2) is 4.79 Å². The molecule has 22 heavy (non-hydrogen) atoms. The maximum atomic E-state index is 12.0. The van der Waals surface area contributed by atoms with Gasteiger partial charge in [-0.05, 0) is 26.3 Å². The zero-order chi connectivity index (χ0) is 16.2. The second-order valence-electron chi connectivity index (χ2n) is 6.06. The van der Waals surface area contributed by atoms with Crippen molar-refractivity contribution in [1.82, 2.24) is 15.5 Å². The van der Waals surface area contributed by atoms with Crippen molar-refractivity contribution in [3.8, 4) is 0 Å². The van der Waals surface area contributed by atoms with Crippen molar-refractivity contribution in [1.29, 1.82) is 0 Å². The first-order valence-corrected chi connectivity index (χ1v) is 7.17. The number of aromatic nitrogens is 2. The van der Waals surface area contributed by atoms with Crippen LogP contribution >= 0.6 is 0 Å². The molecule has 1 amide bonds. The molecule has 0 bridgehead atoms. The summed E-state index contributed by atoms with van der Waals surface area (Å²) in [4.78, 5) is 16.2. The number of amides is 1. The van der Waals surface area contributed by atoms with Crippen molar-refractivity contribution in [2.45, 2.75) is 45.8 Å². The van der Waals surface area contributed by atoms with Crippen LogP contribution in [-0.4, -0.2) is 21.8 Å². The summed E-state index contributed by atoms with van der Waals surface area (Å²) in [6, 6.07) is 9.39. The molecule has 0 saturated carbocycles. The highest BCUT2D eigenvalue weighted by Gasteiger charge is 2.24. The molecule has 118 valence electrons. The van der Waals surface area contributed by atoms with Gasteiger partial charge in [-0.15, -0.1) is 0 Å². The summed E-state index contributed by atoms with van der Waals surface area (Å²) in [6.45, 7) is 7.16. The number of hydrogen-bond acceptors (Lipinski definition) is 5. The van der Waals surface area contributed by atoms with Crippen LogP contribution in [0.2, 0.25) is 0 Å². The zero-order valence-corrected chi connectivity index (χ0v) is 13.3. The van der Waals surface area contributed by atoms with Crippen molar-refractivity contribution < 1.29 is 14.1 Å². The molecule has 0 radical (unpaired) electrons. The minimum absolute atomic E-state index is 0.408. The van der Waals surface area contributed by atoms with Crippen LogP contribution in [0.5, 0.6) is 0 Å². The number of nitrogens with one attached hydrogen (secondary N) is 1. The Balaban J connectivity index is 2.13. The fourth-order valence-electron chi connectivity index (χ4n) is 1.96. The maximum Gasteiger partial charge on any atom is 0.408 e. The highest BCUT2D eigenvalue weighted by Crippen LogP contribution is 2.17. The van der Waals surface area contributed by atoms with E-state index >= 15 is 0 Å². The van der Waals surface area contributed by atoms with Crippen LogP contribution in [0.3, 0.4) is 0 Å². The molecule has 0 saturated heterocycles. The van der Waals surface area contributed by atoms with Gasteiger partial charge in [0.1, 0.15) is 5.60 Å². The third kappa shape index (κ3) is 4.87. The van der Waals surface area contributed by atoms with Crippen molar-refractivity contribution in [3.05, 3.63) is 47.6 Å². The molecule has 1 aromatic carbocycles. The van der Waals surface area contributed by atoms with E-state index in [1.165, 1.54) is 0 Å². The summed E-state index contributed by atoms with van der Waals surface area (Å²) in [6.07, 6.45) is 0.0508. The van der Waals surface area contributed by atoms with E-state index in [0.717, 1.165) is 5.56 Å². The Kier molecular flexibility index (Phi) is 4.80. The second-order valence-corrected chi connectivity index (χ2v) is 6.06. The Morgan fingerprint density at radius 1 is 1.32 bits per heavy atom. The molecule has 2 rings (SSSR count). The standard InChI is InChI=1S/C16H21N3O3/c1-11-17-14(19-22-11)13(10-12-8-6-5-7-9-12)18-15(20)21-16(2,3)4/h5-9,13H,10H2,1-4H3,(H,18,20)/t13-/m0/s1. The number of benzene rings is 1. The predicted octanol–water partition coefficient (Wildman–Crippen LogP) is 3.19. The number of carbonyl (C=O) groups is 1. The summed E-state index contributed by atoms with van der Waals surface area (Å²) in [5.74, 6) is 0.895. The van der Waals surface area contributed by atoms with Crippen molar-refractivity contribution in [2.24, 2.45) is 0 Å². The molecular weight excluding hydrogens is 282 g/mol. The normalized spacial score (nSPS) is 12.7. The molecule has 0 aliphatic carbocycles. The number of carbonyl (C=O) groups excluding carboxylic acids is 1. The predicted molar refractivity (Wildman–Crippen MR) is 81.3 cm³/mol. The first-order chi connectivity index (χ1) is 10.3. The van der Waals surface area contributed by atoms with E-state index in [-0.39, 0.29) is 0 Å². The SMILES string of the molecule is Cc1nc([C@H](Cc2ccccc2)NC(=O)OC(C)(C)C)no1. The monoisotopic (exact) mass is 303 g/mol. The lowest BCUT2D eigenvalue weighted by molar-refractivity contribution is 0.0500. The fourth-order valence-corrected chi connectivity index (χ4v) is 1.96. The van der Waals surface area contributed by atoms with Gasteiger partial charge < -0.3 is 14.6 Å². The molecule has 0 spiro atoms. The number of aryl methyl sites for hydroxylation is 1. The van der Waals surface area contributed by atoms with Crippen LogP contribution in [0.1, 0.15) is 44.1 Å². The second kappa shape index (κ2) is 6.60. The Morgan fingerprint density at radius 2 is 2.00 bits per heavy atom. The number of alkyl carbamates (subject to hydrolysis) is 1. The molecule has 1 heterocycles. The lowest BCUT2D eigenvalue weighted by Gasteiger charge is -2.22. The van der Waals surface area contributed by atoms with E-state index in [2.05, 4.69) is 15.5 Å². The average molecular weight is 303 g/mol. The smallest absolute Gasteiger partial charge is 0.408 e. The minimum Gasteiger partial charge on any atom is -0.444 e. The summed E-state index contributed by atoms with van der Waals surface area (Å²) in [7, 11) is 0. The van der Waals surface area contributed by atoms with Crippen molar-refractivity contribution >= 4 is 6.09 Å². The molecular formula is C16H21N3O3. The first kappa shape index (κ1) is 16.0. The summed E-state index contributed by atoms with van der Waals surface area (Å²) in [5, 5.41) is 6.71. The molecule has 0 aliphatic heterocycles. The molecule has 1 aromatic heterocycles. The molecule has 0 fully saturated rings. The van der Waals surface area contributed by atoms with Gasteiger partial charge >= 0.3 is 6.09 Å². The van der Waals surface area contributed by atoms with Gasteiger partial charge in [0.25, 0.3) is 0 Å². The average Bonchev–Trinajstić information content (AvgIpc) is 2.84. The molecule has 1 N–H and O–H groups in total. The minimum atomic E-state index is -0.561. The van der Waals surface area contributed by atoms with Gasteiger partial charge in [0.15, 0.2) is 5.82 Å². The van der Waals surface area contributed by atoms with Crippen LogP contribution in [0, 0.1) is 6.92 Å². The van der Waals surface area contributed by atoms with E-state index in [0.29, 0.717) is 18.1 Å². The molecule has 1 atom stereocenters. The van der Waals surface area contributed by atoms with Crippen LogP contribution in [0.15, 0.2) is 34.9 Å². The molecule has 0 unspecified atom stereocenters. The van der Waals surface area contributed by atoms with Crippen LogP contribution < -0.4 is 5.32 Å². The molecule has 6 heteroatoms. The van der Waals surface area contributed by atoms with E-state index < -0.39 is 17.7 Å². The summed E-state index contributed by atoms with van der Waals surface area (Å²) in [5.41, 5.74) is 0.500. The van der Waals surface area contributed by atoms with Crippen LogP contribution in [0.25, 0.3) is 0 Å². The van der Waals surface area contributed by atoms with Gasteiger partial charge in [0.2, 0.25) is 5.89 Å². The van der Waals surface area contributed by atoms with Gasteiger partial charge in [-0.1, -0.05) is 35.5 Å². The van der Waals surface area contributed by atoms with Gasteiger partial charge in [0, 0.05) is 13.3 Å². The van der Waals surface area contributed by atoms with Crippen LogP contribution in [0.4, 0.5) is 4.79 Å². The number of ether oxygens (including phenoxy) is 1. The lowest BCUT2D eigenvalue weighted by atomic mass is 10.1. The number of nitrogens with zero attached hydrogens (tertiary/aromatic N) is 2. The van der Waals surface area contributed by atoms with Gasteiger partial charge in [-0.2, -0.15) is 4.98 Å². The Labute approximate surface area is 129 Å². The first-order valence-electron chi connectivity index (χ1n) is 7.17. The largest absolute Gasteiger partial charge is 0.444 e. The van der Waals surface area contributed by atoms with Crippen molar-refractivity contribution in [3.63, 3.8) is 0 Å². The third-order valence-electron chi connectivity index (χ3n) is 2.83. The fraction of sp³-hybridized carbons (Fsp3) is 0.438. The number of hydrogen-bond donors (Lipinski definition) is 1. The topological polar surface area (TPSA) is 77.2 Å². The Morgan fingerprint density at radius 3 is 2.55 bits per heavy atom. The lowest BCUT2D eigenvalue weighted by Crippen LogP contribution is -2.36. The Hall–Kier alpha value is -2.37.